The van der Waals surface area contributed by atoms with Crippen LogP contribution in [0, 0.1) is 0 Å². The fraction of sp³-hybridized carbons (Fsp3) is 0.545. The molecule has 0 amide bonds. The number of aliphatic hydroxyl groups excluding tert-OH is 1. The maximum absolute atomic E-state index is 9.35. The smallest absolute Gasteiger partial charge is 0.0564 e. The topological polar surface area (TPSA) is 36.4 Å². The Kier molecular flexibility index (Phi) is 3.11. The molecule has 2 heterocycles. The Hall–Kier alpha value is -0.930. The average molecular weight is 192 g/mol. The van der Waals surface area contributed by atoms with Crippen molar-refractivity contribution in [1.82, 2.24) is 9.88 Å². The molecule has 3 nitrogen and oxygen atoms in total. The van der Waals surface area contributed by atoms with Crippen molar-refractivity contribution in [3.05, 3.63) is 30.1 Å². The standard InChI is InChI=1S/C11H16N2O/c14-11-3-6-13(7-4-11)9-10-2-1-5-12-8-10/h1-2,5,8,11,14H,3-4,6-7,9H2. The van der Waals surface area contributed by atoms with Crippen molar-refractivity contribution in [3.8, 4) is 0 Å². The van der Waals surface area contributed by atoms with E-state index in [-0.39, 0.29) is 6.10 Å². The van der Waals surface area contributed by atoms with E-state index >= 15 is 0 Å². The maximum atomic E-state index is 9.35. The monoisotopic (exact) mass is 192 g/mol. The molecule has 2 rings (SSSR count). The van der Waals surface area contributed by atoms with Crippen LogP contribution in [0.1, 0.15) is 18.4 Å². The van der Waals surface area contributed by atoms with Crippen LogP contribution in [0.25, 0.3) is 0 Å². The normalized spacial score (nSPS) is 19.8. The van der Waals surface area contributed by atoms with Crippen molar-refractivity contribution < 1.29 is 5.11 Å². The molecule has 1 aromatic heterocycles. The van der Waals surface area contributed by atoms with Crippen LogP contribution in [0.2, 0.25) is 0 Å². The maximum Gasteiger partial charge on any atom is 0.0564 e. The Morgan fingerprint density at radius 1 is 1.43 bits per heavy atom. The SMILES string of the molecule is OC1CCN(Cc2cccnc2)CC1. The van der Waals surface area contributed by atoms with Gasteiger partial charge in [-0.1, -0.05) is 6.07 Å². The van der Waals surface area contributed by atoms with Crippen molar-refractivity contribution in [2.75, 3.05) is 13.1 Å². The number of pyridine rings is 1. The first-order chi connectivity index (χ1) is 6.84. The Labute approximate surface area is 84.4 Å². The molecule has 76 valence electrons. The molecule has 1 aromatic rings. The van der Waals surface area contributed by atoms with Crippen molar-refractivity contribution in [2.24, 2.45) is 0 Å². The predicted octanol–water partition coefficient (Wildman–Crippen LogP) is 1.04. The van der Waals surface area contributed by atoms with Crippen LogP contribution in [0.4, 0.5) is 0 Å². The van der Waals surface area contributed by atoms with Gasteiger partial charge in [-0.05, 0) is 24.5 Å². The van der Waals surface area contributed by atoms with Crippen LogP contribution in [0.15, 0.2) is 24.5 Å². The highest BCUT2D eigenvalue weighted by atomic mass is 16.3. The largest absolute Gasteiger partial charge is 0.393 e. The van der Waals surface area contributed by atoms with Gasteiger partial charge in [0.15, 0.2) is 0 Å². The fourth-order valence-electron chi connectivity index (χ4n) is 1.83. The molecule has 0 saturated carbocycles. The number of rotatable bonds is 2. The molecule has 0 aliphatic carbocycles. The number of hydrogen-bond acceptors (Lipinski definition) is 3. The molecular weight excluding hydrogens is 176 g/mol. The molecule has 0 radical (unpaired) electrons. The summed E-state index contributed by atoms with van der Waals surface area (Å²) in [5.74, 6) is 0. The number of likely N-dealkylation sites (tertiary alicyclic amines) is 1. The molecule has 1 saturated heterocycles. The van der Waals surface area contributed by atoms with E-state index in [1.807, 2.05) is 12.3 Å². The second-order valence-corrected chi connectivity index (χ2v) is 3.87. The number of aliphatic hydroxyl groups is 1. The first kappa shape index (κ1) is 9.62. The zero-order valence-corrected chi connectivity index (χ0v) is 8.26. The summed E-state index contributed by atoms with van der Waals surface area (Å²) in [6.45, 7) is 2.95. The fourth-order valence-corrected chi connectivity index (χ4v) is 1.83. The van der Waals surface area contributed by atoms with Crippen molar-refractivity contribution >= 4 is 0 Å². The summed E-state index contributed by atoms with van der Waals surface area (Å²) >= 11 is 0. The van der Waals surface area contributed by atoms with E-state index in [2.05, 4.69) is 16.0 Å². The first-order valence-electron chi connectivity index (χ1n) is 5.14. The highest BCUT2D eigenvalue weighted by Crippen LogP contribution is 2.12. The summed E-state index contributed by atoms with van der Waals surface area (Å²) in [7, 11) is 0. The van der Waals surface area contributed by atoms with Gasteiger partial charge < -0.3 is 5.11 Å². The molecule has 0 spiro atoms. The Morgan fingerprint density at radius 3 is 2.86 bits per heavy atom. The lowest BCUT2D eigenvalue weighted by Gasteiger charge is -2.29. The number of hydrogen-bond donors (Lipinski definition) is 1. The summed E-state index contributed by atoms with van der Waals surface area (Å²) in [6.07, 6.45) is 5.43. The van der Waals surface area contributed by atoms with Gasteiger partial charge in [0.2, 0.25) is 0 Å². The van der Waals surface area contributed by atoms with Crippen LogP contribution in [-0.2, 0) is 6.54 Å². The van der Waals surface area contributed by atoms with Crippen LogP contribution < -0.4 is 0 Å². The molecule has 14 heavy (non-hydrogen) atoms. The lowest BCUT2D eigenvalue weighted by Crippen LogP contribution is -2.35. The predicted molar refractivity (Wildman–Crippen MR) is 54.8 cm³/mol. The number of aromatic nitrogens is 1. The van der Waals surface area contributed by atoms with Crippen LogP contribution in [-0.4, -0.2) is 34.2 Å². The minimum atomic E-state index is -0.0832. The van der Waals surface area contributed by atoms with Gasteiger partial charge >= 0.3 is 0 Å². The van der Waals surface area contributed by atoms with Crippen molar-refractivity contribution in [1.29, 1.82) is 0 Å². The van der Waals surface area contributed by atoms with E-state index in [9.17, 15) is 5.11 Å². The van der Waals surface area contributed by atoms with Gasteiger partial charge in [0.1, 0.15) is 0 Å². The van der Waals surface area contributed by atoms with E-state index in [1.54, 1.807) is 6.20 Å². The Balaban J connectivity index is 1.87. The molecule has 0 atom stereocenters. The first-order valence-corrected chi connectivity index (χ1v) is 5.14. The zero-order chi connectivity index (χ0) is 9.80. The highest BCUT2D eigenvalue weighted by molar-refractivity contribution is 5.08. The van der Waals surface area contributed by atoms with Gasteiger partial charge in [0.25, 0.3) is 0 Å². The van der Waals surface area contributed by atoms with E-state index in [1.165, 1.54) is 5.56 Å². The minimum Gasteiger partial charge on any atom is -0.393 e. The Bertz CT molecular complexity index is 268. The molecule has 1 N–H and O–H groups in total. The van der Waals surface area contributed by atoms with Gasteiger partial charge in [-0.3, -0.25) is 9.88 Å². The third kappa shape index (κ3) is 2.53. The summed E-state index contributed by atoms with van der Waals surface area (Å²) in [6, 6.07) is 4.06. The second kappa shape index (κ2) is 4.53. The summed E-state index contributed by atoms with van der Waals surface area (Å²) in [4.78, 5) is 6.45. The molecule has 3 heteroatoms. The van der Waals surface area contributed by atoms with Gasteiger partial charge in [-0.25, -0.2) is 0 Å². The molecule has 1 aliphatic rings. The molecule has 0 aromatic carbocycles. The third-order valence-corrected chi connectivity index (χ3v) is 2.69. The van der Waals surface area contributed by atoms with Crippen molar-refractivity contribution in [3.63, 3.8) is 0 Å². The second-order valence-electron chi connectivity index (χ2n) is 3.87. The third-order valence-electron chi connectivity index (χ3n) is 2.69. The Morgan fingerprint density at radius 2 is 2.21 bits per heavy atom. The molecule has 0 bridgehead atoms. The lowest BCUT2D eigenvalue weighted by molar-refractivity contribution is 0.0792. The lowest BCUT2D eigenvalue weighted by atomic mass is 10.1. The minimum absolute atomic E-state index is 0.0832. The van der Waals surface area contributed by atoms with Gasteiger partial charge in [0, 0.05) is 32.0 Å². The van der Waals surface area contributed by atoms with Crippen molar-refractivity contribution in [2.45, 2.75) is 25.5 Å². The quantitative estimate of drug-likeness (QED) is 0.760. The highest BCUT2D eigenvalue weighted by Gasteiger charge is 2.16. The molecular formula is C11H16N2O. The van der Waals surface area contributed by atoms with Gasteiger partial charge in [0.05, 0.1) is 6.10 Å². The van der Waals surface area contributed by atoms with Crippen LogP contribution in [0.5, 0.6) is 0 Å². The summed E-state index contributed by atoms with van der Waals surface area (Å²) in [5, 5.41) is 9.35. The number of piperidine rings is 1. The van der Waals surface area contributed by atoms with Crippen LogP contribution >= 0.6 is 0 Å². The van der Waals surface area contributed by atoms with E-state index in [4.69, 9.17) is 0 Å². The van der Waals surface area contributed by atoms with Gasteiger partial charge in [-0.15, -0.1) is 0 Å². The van der Waals surface area contributed by atoms with E-state index < -0.39 is 0 Å². The molecule has 1 fully saturated rings. The summed E-state index contributed by atoms with van der Waals surface area (Å²) in [5.41, 5.74) is 1.25. The number of nitrogens with zero attached hydrogens (tertiary/aromatic N) is 2. The van der Waals surface area contributed by atoms with Gasteiger partial charge in [-0.2, -0.15) is 0 Å². The average Bonchev–Trinajstić information content (AvgIpc) is 2.23. The zero-order valence-electron chi connectivity index (χ0n) is 8.26. The molecule has 0 unspecified atom stereocenters. The molecule has 1 aliphatic heterocycles. The van der Waals surface area contributed by atoms with E-state index in [0.717, 1.165) is 32.5 Å². The summed E-state index contributed by atoms with van der Waals surface area (Å²) < 4.78 is 0. The van der Waals surface area contributed by atoms with E-state index in [0.29, 0.717) is 0 Å². The van der Waals surface area contributed by atoms with Crippen LogP contribution in [0.3, 0.4) is 0 Å².